The van der Waals surface area contributed by atoms with Gasteiger partial charge in [-0.15, -0.1) is 11.3 Å². The number of nitrogens with one attached hydrogen (secondary N) is 1. The zero-order chi connectivity index (χ0) is 14.9. The monoisotopic (exact) mass is 326 g/mol. The van der Waals surface area contributed by atoms with Gasteiger partial charge in [-0.1, -0.05) is 48.0 Å². The molecule has 0 saturated carbocycles. The molecule has 0 bridgehead atoms. The second-order valence-corrected chi connectivity index (χ2v) is 6.16. The van der Waals surface area contributed by atoms with Crippen molar-refractivity contribution in [2.24, 2.45) is 0 Å². The van der Waals surface area contributed by atoms with Gasteiger partial charge in [-0.3, -0.25) is 0 Å². The van der Waals surface area contributed by atoms with Crippen LogP contribution in [0.1, 0.15) is 11.4 Å². The summed E-state index contributed by atoms with van der Waals surface area (Å²) in [6.07, 6.45) is 0.710. The molecule has 0 aliphatic rings. The van der Waals surface area contributed by atoms with Crippen molar-refractivity contribution in [3.05, 3.63) is 64.4 Å². The van der Waals surface area contributed by atoms with Gasteiger partial charge < -0.3 is 4.98 Å². The summed E-state index contributed by atoms with van der Waals surface area (Å²) in [6, 6.07) is 14.1. The number of fused-ring (bicyclic) bond motifs is 1. The fraction of sp³-hybridized carbons (Fsp3) is 0.0625. The summed E-state index contributed by atoms with van der Waals surface area (Å²) in [5.41, 5.74) is 2.48. The van der Waals surface area contributed by atoms with Crippen LogP contribution in [0.5, 0.6) is 0 Å². The van der Waals surface area contributed by atoms with Crippen molar-refractivity contribution in [3.8, 4) is 10.7 Å². The van der Waals surface area contributed by atoms with E-state index in [-0.39, 0.29) is 0 Å². The summed E-state index contributed by atoms with van der Waals surface area (Å²) in [6.45, 7) is 0. The van der Waals surface area contributed by atoms with Crippen LogP contribution >= 0.6 is 22.9 Å². The van der Waals surface area contributed by atoms with Crippen LogP contribution < -0.4 is 0 Å². The Bertz CT molecular complexity index is 916. The molecule has 1 N–H and O–H groups in total. The van der Waals surface area contributed by atoms with Crippen LogP contribution in [-0.2, 0) is 6.42 Å². The summed E-state index contributed by atoms with van der Waals surface area (Å²) >= 11 is 7.85. The Hall–Kier alpha value is -2.24. The lowest BCUT2D eigenvalue weighted by Gasteiger charge is -1.97. The Morgan fingerprint density at radius 3 is 2.64 bits per heavy atom. The first kappa shape index (κ1) is 13.4. The number of H-pyrrole nitrogens is 1. The fourth-order valence-electron chi connectivity index (χ4n) is 2.30. The van der Waals surface area contributed by atoms with E-state index >= 15 is 0 Å². The van der Waals surface area contributed by atoms with Crippen LogP contribution in [0.4, 0.5) is 0 Å². The van der Waals surface area contributed by atoms with E-state index in [0.29, 0.717) is 28.6 Å². The molecule has 0 amide bonds. The average Bonchev–Trinajstić information content (AvgIpc) is 3.17. The number of thiophene rings is 1. The minimum absolute atomic E-state index is 0.379. The first-order chi connectivity index (χ1) is 10.8. The van der Waals surface area contributed by atoms with Crippen molar-refractivity contribution in [3.63, 3.8) is 0 Å². The number of hydrogen-bond donors (Lipinski definition) is 1. The predicted octanol–water partition coefficient (Wildman–Crippen LogP) is 4.33. The predicted molar refractivity (Wildman–Crippen MR) is 89.3 cm³/mol. The highest BCUT2D eigenvalue weighted by molar-refractivity contribution is 7.13. The quantitative estimate of drug-likeness (QED) is 0.570. The zero-order valence-corrected chi connectivity index (χ0v) is 13.0. The van der Waals surface area contributed by atoms with E-state index in [1.54, 1.807) is 11.3 Å². The van der Waals surface area contributed by atoms with Gasteiger partial charge in [-0.05, 0) is 17.0 Å². The number of aromatic amines is 1. The number of rotatable bonds is 3. The number of benzene rings is 1. The highest BCUT2D eigenvalue weighted by Gasteiger charge is 2.13. The van der Waals surface area contributed by atoms with E-state index in [9.17, 15) is 0 Å². The van der Waals surface area contributed by atoms with Crippen LogP contribution in [0.25, 0.3) is 21.9 Å². The van der Waals surface area contributed by atoms with Crippen LogP contribution in [0.2, 0.25) is 5.15 Å². The second kappa shape index (κ2) is 5.51. The molecule has 4 nitrogen and oxygen atoms in total. The topological polar surface area (TPSA) is 54.5 Å². The van der Waals surface area contributed by atoms with Gasteiger partial charge in [-0.25, -0.2) is 15.0 Å². The van der Waals surface area contributed by atoms with E-state index in [0.717, 1.165) is 10.7 Å². The first-order valence-electron chi connectivity index (χ1n) is 6.79. The van der Waals surface area contributed by atoms with Gasteiger partial charge in [0, 0.05) is 6.42 Å². The summed E-state index contributed by atoms with van der Waals surface area (Å²) in [4.78, 5) is 17.6. The van der Waals surface area contributed by atoms with Crippen LogP contribution in [0, 0.1) is 0 Å². The van der Waals surface area contributed by atoms with Gasteiger partial charge in [-0.2, -0.15) is 0 Å². The van der Waals surface area contributed by atoms with Gasteiger partial charge in [0.1, 0.15) is 11.3 Å². The second-order valence-electron chi connectivity index (χ2n) is 4.86. The van der Waals surface area contributed by atoms with E-state index in [2.05, 4.69) is 32.1 Å². The van der Waals surface area contributed by atoms with E-state index < -0.39 is 0 Å². The van der Waals surface area contributed by atoms with Gasteiger partial charge in [0.25, 0.3) is 0 Å². The highest BCUT2D eigenvalue weighted by Crippen LogP contribution is 2.26. The van der Waals surface area contributed by atoms with Crippen molar-refractivity contribution < 1.29 is 0 Å². The van der Waals surface area contributed by atoms with Gasteiger partial charge in [0.2, 0.25) is 0 Å². The molecule has 0 atom stereocenters. The molecule has 0 fully saturated rings. The summed E-state index contributed by atoms with van der Waals surface area (Å²) < 4.78 is 0. The molecule has 108 valence electrons. The molecular formula is C16H11ClN4S. The van der Waals surface area contributed by atoms with E-state index in [1.165, 1.54) is 5.56 Å². The third-order valence-electron chi connectivity index (χ3n) is 3.31. The number of imidazole rings is 1. The Morgan fingerprint density at radius 2 is 1.86 bits per heavy atom. The SMILES string of the molecule is Clc1nc(-c2cccs2)nc2[nH]c(Cc3ccccc3)nc12. The standard InChI is InChI=1S/C16H11ClN4S/c17-14-13-16(21-15(20-14)11-7-4-8-22-11)19-12(18-13)9-10-5-2-1-3-6-10/h1-8H,9H2,(H,18,19,20,21). The van der Waals surface area contributed by atoms with Gasteiger partial charge in [0.05, 0.1) is 4.88 Å². The molecule has 6 heteroatoms. The first-order valence-corrected chi connectivity index (χ1v) is 8.05. The molecule has 0 unspecified atom stereocenters. The molecule has 4 aromatic rings. The lowest BCUT2D eigenvalue weighted by Crippen LogP contribution is -1.89. The van der Waals surface area contributed by atoms with Gasteiger partial charge >= 0.3 is 0 Å². The van der Waals surface area contributed by atoms with Crippen LogP contribution in [0.15, 0.2) is 47.8 Å². The average molecular weight is 327 g/mol. The van der Waals surface area contributed by atoms with Crippen molar-refractivity contribution in [2.45, 2.75) is 6.42 Å². The number of aromatic nitrogens is 4. The summed E-state index contributed by atoms with van der Waals surface area (Å²) in [5.74, 6) is 1.46. The molecular weight excluding hydrogens is 316 g/mol. The normalized spacial score (nSPS) is 11.1. The van der Waals surface area contributed by atoms with Crippen molar-refractivity contribution in [1.82, 2.24) is 19.9 Å². The minimum Gasteiger partial charge on any atom is -0.326 e. The molecule has 0 aliphatic carbocycles. The van der Waals surface area contributed by atoms with Crippen LogP contribution in [-0.4, -0.2) is 19.9 Å². The minimum atomic E-state index is 0.379. The Labute approximate surface area is 135 Å². The molecule has 0 aliphatic heterocycles. The lowest BCUT2D eigenvalue weighted by atomic mass is 10.1. The molecule has 3 heterocycles. The third kappa shape index (κ3) is 2.49. The Kier molecular flexibility index (Phi) is 3.36. The smallest absolute Gasteiger partial charge is 0.173 e. The van der Waals surface area contributed by atoms with Crippen molar-refractivity contribution >= 4 is 34.1 Å². The summed E-state index contributed by atoms with van der Waals surface area (Å²) in [7, 11) is 0. The van der Waals surface area contributed by atoms with E-state index in [1.807, 2.05) is 35.7 Å². The zero-order valence-electron chi connectivity index (χ0n) is 11.5. The van der Waals surface area contributed by atoms with Crippen molar-refractivity contribution in [1.29, 1.82) is 0 Å². The Morgan fingerprint density at radius 1 is 1.00 bits per heavy atom. The number of hydrogen-bond acceptors (Lipinski definition) is 4. The summed E-state index contributed by atoms with van der Waals surface area (Å²) in [5, 5.41) is 2.37. The third-order valence-corrected chi connectivity index (χ3v) is 4.44. The molecule has 1 aromatic carbocycles. The molecule has 3 aromatic heterocycles. The van der Waals surface area contributed by atoms with Crippen LogP contribution in [0.3, 0.4) is 0 Å². The molecule has 22 heavy (non-hydrogen) atoms. The Balaban J connectivity index is 1.76. The van der Waals surface area contributed by atoms with Crippen molar-refractivity contribution in [2.75, 3.05) is 0 Å². The molecule has 0 saturated heterocycles. The molecule has 0 radical (unpaired) electrons. The maximum atomic E-state index is 6.27. The van der Waals surface area contributed by atoms with E-state index in [4.69, 9.17) is 11.6 Å². The fourth-order valence-corrected chi connectivity index (χ4v) is 3.17. The lowest BCUT2D eigenvalue weighted by molar-refractivity contribution is 1.03. The number of halogens is 1. The number of nitrogens with zero attached hydrogens (tertiary/aromatic N) is 3. The maximum Gasteiger partial charge on any atom is 0.173 e. The van der Waals surface area contributed by atoms with Gasteiger partial charge in [0.15, 0.2) is 16.6 Å². The molecule has 4 rings (SSSR count). The maximum absolute atomic E-state index is 6.27. The highest BCUT2D eigenvalue weighted by atomic mass is 35.5. The molecule has 0 spiro atoms. The largest absolute Gasteiger partial charge is 0.326 e.